The molecule has 1 aromatic carbocycles. The summed E-state index contributed by atoms with van der Waals surface area (Å²) in [6, 6.07) is 2.84. The van der Waals surface area contributed by atoms with Gasteiger partial charge in [0, 0.05) is 39.3 Å². The summed E-state index contributed by atoms with van der Waals surface area (Å²) >= 11 is 0. The topological polar surface area (TPSA) is 580 Å². The average molecular weight is 832 g/mol. The van der Waals surface area contributed by atoms with Crippen LogP contribution in [-0.2, 0) is 116 Å². The zero-order chi connectivity index (χ0) is 25.0. The molecule has 0 amide bonds. The van der Waals surface area contributed by atoms with Crippen molar-refractivity contribution in [1.82, 2.24) is 9.80 Å². The normalized spacial score (nSPS) is 7.36. The predicted octanol–water partition coefficient (Wildman–Crippen LogP) is -15.4. The number of rotatable bonds is 12. The summed E-state index contributed by atoms with van der Waals surface area (Å²) in [5.74, 6) is -6.79. The molecule has 0 fully saturated rings. The molecule has 0 unspecified atom stereocenters. The van der Waals surface area contributed by atoms with E-state index < -0.39 is 60.9 Å². The van der Waals surface area contributed by atoms with Crippen molar-refractivity contribution < 1.29 is 156 Å². The molecule has 0 aromatic heterocycles. The van der Waals surface area contributed by atoms with E-state index >= 15 is 0 Å². The summed E-state index contributed by atoms with van der Waals surface area (Å²) in [7, 11) is 0. The minimum Gasteiger partial charge on any atom is -0.872 e. The number of aliphatic carboxylic acids is 4. The van der Waals surface area contributed by atoms with Gasteiger partial charge in [-0.05, 0) is 18.1 Å². The molecule has 1 rings (SSSR count). The molecule has 3 radical (unpaired) electrons. The SMILES string of the molecule is Cc1cc(CN(CC(=O)[O-])CC(=O)[O-])c([O-])c(CN(CC(=O)[O-])CC(=O)[O-])c1.O.O.O.O.O=[N+]([O-])[O-].[Cu+2].[Cu+2].[Cu+2].[OH3+].[OH3+].[OH3+].[OH3+].[OH3+].[OH3+]. The molecule has 28 heteroatoms. The Kier molecular flexibility index (Phi) is 91.3. The molecule has 0 saturated heterocycles. The first-order chi connectivity index (χ1) is 14.7. The first kappa shape index (κ1) is 90.1. The van der Waals surface area contributed by atoms with E-state index in [1.807, 2.05) is 0 Å². The van der Waals surface area contributed by atoms with Gasteiger partial charge in [0.15, 0.2) is 0 Å². The van der Waals surface area contributed by atoms with Gasteiger partial charge >= 0.3 is 51.2 Å². The van der Waals surface area contributed by atoms with E-state index in [0.717, 1.165) is 9.80 Å². The van der Waals surface area contributed by atoms with E-state index in [1.54, 1.807) is 6.92 Å². The molecule has 1 aromatic rings. The number of carbonyl (C=O) groups is 4. The summed E-state index contributed by atoms with van der Waals surface area (Å²) in [5, 5.41) is 70.5. The fraction of sp³-hybridized carbons (Fsp3) is 0.412. The molecule has 0 heterocycles. The van der Waals surface area contributed by atoms with Crippen LogP contribution in [0.2, 0.25) is 0 Å². The number of carboxylic acids is 4. The maximum absolute atomic E-state index is 12.6. The standard InChI is InChI=1S/C17H22N2O9.3Cu.NO3.10H2O/c1-10-2-11(4-18(6-13(20)21)7-14(22)23)17(28)12(3-10)5-19(8-15(24)25)9-16(26)27;;;;2-1(3)4;;;;;;;;;;/h2-3,28H,4-9H2,1H3,(H,20,21)(H,22,23)(H,24,25)(H,26,27);;;;;10*1H2/q;3*+2;-1;;;;;;;;;;/p+1. The third-order valence-electron chi connectivity index (χ3n) is 3.59. The predicted molar refractivity (Wildman–Crippen MR) is 135 cm³/mol. The summed E-state index contributed by atoms with van der Waals surface area (Å²) in [5.41, 5.74) is 0.659. The molecule has 26 N–H and O–H groups in total. The molecule has 0 aliphatic rings. The molecular formula is C17H43Cu3N3O22+6. The van der Waals surface area contributed by atoms with E-state index in [2.05, 4.69) is 0 Å². The summed E-state index contributed by atoms with van der Waals surface area (Å²) in [4.78, 5) is 53.2. The first-order valence-electron chi connectivity index (χ1n) is 8.56. The molecule has 0 aliphatic heterocycles. The number of hydrogen-bond acceptors (Lipinski definition) is 14. The van der Waals surface area contributed by atoms with Gasteiger partial charge in [-0.15, -0.1) is 0 Å². The molecule has 0 spiro atoms. The first-order valence-corrected chi connectivity index (χ1v) is 8.56. The zero-order valence-electron chi connectivity index (χ0n) is 23.0. The van der Waals surface area contributed by atoms with Crippen LogP contribution in [0.3, 0.4) is 0 Å². The molecule has 25 nitrogen and oxygen atoms in total. The molecule has 0 saturated carbocycles. The maximum atomic E-state index is 12.6. The minimum absolute atomic E-state index is 0. The Bertz CT molecular complexity index is 789. The van der Waals surface area contributed by atoms with Gasteiger partial charge in [-0.1, -0.05) is 23.4 Å². The number of carbonyl (C=O) groups excluding carboxylic acids is 4. The smallest absolute Gasteiger partial charge is 0.872 e. The van der Waals surface area contributed by atoms with Crippen LogP contribution in [0.4, 0.5) is 0 Å². The summed E-state index contributed by atoms with van der Waals surface area (Å²) < 4.78 is 0. The fourth-order valence-corrected chi connectivity index (χ4v) is 2.71. The molecular weight excluding hydrogens is 789 g/mol. The van der Waals surface area contributed by atoms with Crippen molar-refractivity contribution in [3.05, 3.63) is 44.1 Å². The Balaban J connectivity index is -0.0000000444. The number of aryl methyl sites for hydroxylation is 1. The van der Waals surface area contributed by atoms with Crippen LogP contribution < -0.4 is 25.5 Å². The Morgan fingerprint density at radius 1 is 0.600 bits per heavy atom. The van der Waals surface area contributed by atoms with Crippen LogP contribution in [0.5, 0.6) is 5.75 Å². The fourth-order valence-electron chi connectivity index (χ4n) is 2.71. The van der Waals surface area contributed by atoms with Gasteiger partial charge in [0.25, 0.3) is 0 Å². The van der Waals surface area contributed by atoms with Crippen molar-refractivity contribution in [2.75, 3.05) is 26.2 Å². The van der Waals surface area contributed by atoms with E-state index in [0.29, 0.717) is 5.56 Å². The van der Waals surface area contributed by atoms with E-state index in [9.17, 15) is 44.7 Å². The Labute approximate surface area is 285 Å². The Hall–Kier alpha value is -2.82. The molecule has 0 bridgehead atoms. The van der Waals surface area contributed by atoms with Gasteiger partial charge < -0.3 is 115 Å². The monoisotopic (exact) mass is 830 g/mol. The van der Waals surface area contributed by atoms with Gasteiger partial charge in [-0.25, -0.2) is 0 Å². The van der Waals surface area contributed by atoms with Crippen molar-refractivity contribution in [2.45, 2.75) is 20.0 Å². The van der Waals surface area contributed by atoms with Crippen molar-refractivity contribution in [2.24, 2.45) is 0 Å². The Morgan fingerprint density at radius 3 is 0.933 bits per heavy atom. The quantitative estimate of drug-likeness (QED) is 0.0817. The second-order valence-corrected chi connectivity index (χ2v) is 6.41. The van der Waals surface area contributed by atoms with E-state index in [4.69, 9.17) is 15.3 Å². The largest absolute Gasteiger partial charge is 2.00 e. The second-order valence-electron chi connectivity index (χ2n) is 6.41. The summed E-state index contributed by atoms with van der Waals surface area (Å²) in [6.07, 6.45) is 0. The van der Waals surface area contributed by atoms with Crippen LogP contribution in [0, 0.1) is 22.2 Å². The third-order valence-corrected chi connectivity index (χ3v) is 3.59. The van der Waals surface area contributed by atoms with Crippen LogP contribution in [0.25, 0.3) is 0 Å². The zero-order valence-corrected chi connectivity index (χ0v) is 25.8. The van der Waals surface area contributed by atoms with Gasteiger partial charge in [0.1, 0.15) is 0 Å². The van der Waals surface area contributed by atoms with Crippen LogP contribution in [-0.4, -0.2) is 86.8 Å². The van der Waals surface area contributed by atoms with Crippen molar-refractivity contribution in [1.29, 1.82) is 0 Å². The third kappa shape index (κ3) is 45.7. The minimum atomic E-state index is -1.75. The molecule has 0 atom stereocenters. The second kappa shape index (κ2) is 45.6. The van der Waals surface area contributed by atoms with Crippen molar-refractivity contribution in [3.8, 4) is 5.75 Å². The summed E-state index contributed by atoms with van der Waals surface area (Å²) in [6.45, 7) is -2.07. The number of nitrogens with zero attached hydrogens (tertiary/aromatic N) is 3. The number of benzene rings is 1. The van der Waals surface area contributed by atoms with E-state index in [1.165, 1.54) is 12.1 Å². The van der Waals surface area contributed by atoms with Gasteiger partial charge in [0.2, 0.25) is 0 Å². The average Bonchev–Trinajstić information content (AvgIpc) is 2.55. The van der Waals surface area contributed by atoms with Gasteiger partial charge in [-0.3, -0.25) is 9.80 Å². The molecule has 0 aliphatic carbocycles. The number of hydrogen-bond donors (Lipinski definition) is 0. The van der Waals surface area contributed by atoms with Gasteiger partial charge in [-0.2, -0.15) is 0 Å². The van der Waals surface area contributed by atoms with Crippen molar-refractivity contribution in [3.63, 3.8) is 0 Å². The maximum Gasteiger partial charge on any atom is 2.00 e. The molecule has 45 heavy (non-hydrogen) atoms. The van der Waals surface area contributed by atoms with Crippen LogP contribution >= 0.6 is 0 Å². The number of carboxylic acid groups (broad SMARTS) is 4. The van der Waals surface area contributed by atoms with Gasteiger partial charge in [0.05, 0.1) is 29.0 Å². The van der Waals surface area contributed by atoms with E-state index in [-0.39, 0.29) is 130 Å². The van der Waals surface area contributed by atoms with Crippen LogP contribution in [0.1, 0.15) is 16.7 Å². The Morgan fingerprint density at radius 2 is 0.778 bits per heavy atom. The molecule has 285 valence electrons. The van der Waals surface area contributed by atoms with Crippen molar-refractivity contribution >= 4 is 23.9 Å². The van der Waals surface area contributed by atoms with Crippen LogP contribution in [0.15, 0.2) is 12.1 Å².